The smallest absolute Gasteiger partial charge is 0.161 e. The second-order valence-corrected chi connectivity index (χ2v) is 8.45. The normalized spacial score (nSPS) is 59.5. The first kappa shape index (κ1) is 17.7. The zero-order valence-electron chi connectivity index (χ0n) is 15.7. The van der Waals surface area contributed by atoms with Crippen LogP contribution in [0.1, 0.15) is 54.9 Å². The Kier molecular flexibility index (Phi) is 4.59. The van der Waals surface area contributed by atoms with E-state index >= 15 is 0 Å². The second kappa shape index (κ2) is 5.98. The van der Waals surface area contributed by atoms with E-state index < -0.39 is 5.60 Å². The van der Waals surface area contributed by atoms with Gasteiger partial charge in [0.2, 0.25) is 0 Å². The van der Waals surface area contributed by atoms with E-state index in [0.717, 1.165) is 6.42 Å². The van der Waals surface area contributed by atoms with Crippen LogP contribution in [0.4, 0.5) is 0 Å². The summed E-state index contributed by atoms with van der Waals surface area (Å²) < 4.78 is 18.8. The minimum atomic E-state index is -0.600. The number of rotatable bonds is 3. The zero-order chi connectivity index (χ0) is 17.1. The summed E-state index contributed by atoms with van der Waals surface area (Å²) in [6, 6.07) is 0. The number of ether oxygens (including phenoxy) is 3. The quantitative estimate of drug-likeness (QED) is 0.865. The lowest BCUT2D eigenvalue weighted by Crippen LogP contribution is -2.52. The molecule has 0 radical (unpaired) electrons. The van der Waals surface area contributed by atoms with Gasteiger partial charge in [0, 0.05) is 17.8 Å². The van der Waals surface area contributed by atoms with Crippen LogP contribution in [0, 0.1) is 29.6 Å². The first-order valence-corrected chi connectivity index (χ1v) is 9.38. The van der Waals surface area contributed by atoms with Crippen LogP contribution in [0.5, 0.6) is 0 Å². The molecule has 2 aliphatic heterocycles. The van der Waals surface area contributed by atoms with Gasteiger partial charge in [0.15, 0.2) is 6.29 Å². The van der Waals surface area contributed by atoms with Crippen molar-refractivity contribution >= 4 is 0 Å². The molecule has 4 nitrogen and oxygen atoms in total. The molecule has 2 saturated heterocycles. The Morgan fingerprint density at radius 3 is 2.17 bits per heavy atom. The number of aliphatic hydroxyl groups is 1. The van der Waals surface area contributed by atoms with Gasteiger partial charge in [0.05, 0.1) is 30.0 Å². The van der Waals surface area contributed by atoms with Gasteiger partial charge in [0.1, 0.15) is 0 Å². The Bertz CT molecular complexity index is 435. The van der Waals surface area contributed by atoms with Gasteiger partial charge >= 0.3 is 0 Å². The van der Waals surface area contributed by atoms with Crippen LogP contribution in [0.25, 0.3) is 0 Å². The summed E-state index contributed by atoms with van der Waals surface area (Å²) in [5.74, 6) is 1.65. The largest absolute Gasteiger partial charge is 0.389 e. The van der Waals surface area contributed by atoms with Crippen molar-refractivity contribution in [3.8, 4) is 0 Å². The molecule has 5 unspecified atom stereocenters. The lowest BCUT2D eigenvalue weighted by atomic mass is 9.81. The number of hydrogen-bond donors (Lipinski definition) is 1. The summed E-state index contributed by atoms with van der Waals surface area (Å²) in [5, 5.41) is 10.5. The molecule has 2 heterocycles. The summed E-state index contributed by atoms with van der Waals surface area (Å²) in [6.07, 6.45) is 1.21. The average Bonchev–Trinajstić information content (AvgIpc) is 3.08. The topological polar surface area (TPSA) is 47.9 Å². The molecule has 1 N–H and O–H groups in total. The Hall–Kier alpha value is -0.160. The monoisotopic (exact) mass is 326 g/mol. The van der Waals surface area contributed by atoms with Crippen molar-refractivity contribution in [3.63, 3.8) is 0 Å². The molecule has 3 aliphatic rings. The molecule has 0 amide bonds. The van der Waals surface area contributed by atoms with Gasteiger partial charge < -0.3 is 19.3 Å². The van der Waals surface area contributed by atoms with E-state index in [1.807, 2.05) is 6.92 Å². The van der Waals surface area contributed by atoms with Gasteiger partial charge in [-0.05, 0) is 39.0 Å². The molecular weight excluding hydrogens is 292 g/mol. The molecule has 0 spiro atoms. The van der Waals surface area contributed by atoms with Crippen LogP contribution in [0.2, 0.25) is 0 Å². The minimum Gasteiger partial charge on any atom is -0.389 e. The van der Waals surface area contributed by atoms with E-state index in [0.29, 0.717) is 11.8 Å². The highest BCUT2D eigenvalue weighted by atomic mass is 16.7. The predicted molar refractivity (Wildman–Crippen MR) is 88.9 cm³/mol. The van der Waals surface area contributed by atoms with Crippen LogP contribution in [-0.2, 0) is 14.2 Å². The highest BCUT2D eigenvalue weighted by molar-refractivity contribution is 5.15. The van der Waals surface area contributed by atoms with Gasteiger partial charge in [-0.25, -0.2) is 0 Å². The third-order valence-electron chi connectivity index (χ3n) is 7.02. The van der Waals surface area contributed by atoms with Crippen molar-refractivity contribution in [2.45, 2.75) is 91.2 Å². The minimum absolute atomic E-state index is 0.0486. The van der Waals surface area contributed by atoms with Crippen LogP contribution in [0.15, 0.2) is 0 Å². The van der Waals surface area contributed by atoms with Crippen molar-refractivity contribution in [2.24, 2.45) is 29.6 Å². The van der Waals surface area contributed by atoms with Gasteiger partial charge in [-0.15, -0.1) is 0 Å². The van der Waals surface area contributed by atoms with Gasteiger partial charge in [-0.2, -0.15) is 0 Å². The van der Waals surface area contributed by atoms with E-state index in [4.69, 9.17) is 14.2 Å². The Morgan fingerprint density at radius 1 is 0.913 bits per heavy atom. The van der Waals surface area contributed by atoms with Crippen LogP contribution in [0.3, 0.4) is 0 Å². The predicted octanol–water partition coefficient (Wildman–Crippen LogP) is 3.22. The molecule has 3 rings (SSSR count). The Morgan fingerprint density at radius 2 is 1.57 bits per heavy atom. The fourth-order valence-electron chi connectivity index (χ4n) is 5.17. The summed E-state index contributed by atoms with van der Waals surface area (Å²) in [4.78, 5) is 0. The van der Waals surface area contributed by atoms with E-state index in [1.165, 1.54) is 0 Å². The molecule has 3 fully saturated rings. The van der Waals surface area contributed by atoms with Crippen LogP contribution >= 0.6 is 0 Å². The van der Waals surface area contributed by atoms with Gasteiger partial charge in [-0.3, -0.25) is 0 Å². The first-order valence-electron chi connectivity index (χ1n) is 9.38. The SMILES string of the molecule is CC[C@H]1O[C@H](C)C(C)C(C)[C@@H]1O[C@H]1OC(C)[C@H]2[C@H](C1C)C2(C)O. The first-order chi connectivity index (χ1) is 10.7. The molecule has 0 bridgehead atoms. The molecule has 1 aliphatic carbocycles. The van der Waals surface area contributed by atoms with Gasteiger partial charge in [-0.1, -0.05) is 27.7 Å². The second-order valence-electron chi connectivity index (χ2n) is 8.45. The summed E-state index contributed by atoms with van der Waals surface area (Å²) in [7, 11) is 0. The summed E-state index contributed by atoms with van der Waals surface area (Å²) in [6.45, 7) is 15.0. The summed E-state index contributed by atoms with van der Waals surface area (Å²) in [5.41, 5.74) is -0.600. The maximum Gasteiger partial charge on any atom is 0.161 e. The maximum absolute atomic E-state index is 10.5. The van der Waals surface area contributed by atoms with Crippen LogP contribution in [-0.4, -0.2) is 41.4 Å². The third kappa shape index (κ3) is 2.76. The van der Waals surface area contributed by atoms with Crippen molar-refractivity contribution in [3.05, 3.63) is 0 Å². The van der Waals surface area contributed by atoms with E-state index in [-0.39, 0.29) is 48.5 Å². The molecule has 1 saturated carbocycles. The molecule has 23 heavy (non-hydrogen) atoms. The number of hydrogen-bond acceptors (Lipinski definition) is 4. The van der Waals surface area contributed by atoms with Crippen molar-refractivity contribution in [1.82, 2.24) is 0 Å². The highest BCUT2D eigenvalue weighted by Gasteiger charge is 2.69. The molecule has 4 heteroatoms. The third-order valence-corrected chi connectivity index (χ3v) is 7.02. The van der Waals surface area contributed by atoms with Crippen molar-refractivity contribution in [2.75, 3.05) is 0 Å². The van der Waals surface area contributed by atoms with Crippen molar-refractivity contribution < 1.29 is 19.3 Å². The van der Waals surface area contributed by atoms with E-state index in [9.17, 15) is 5.11 Å². The molecule has 0 aromatic heterocycles. The summed E-state index contributed by atoms with van der Waals surface area (Å²) >= 11 is 0. The molecular formula is C19H34O4. The Labute approximate surface area is 140 Å². The van der Waals surface area contributed by atoms with E-state index in [1.54, 1.807) is 0 Å². The maximum atomic E-state index is 10.5. The fourth-order valence-corrected chi connectivity index (χ4v) is 5.17. The molecule has 134 valence electrons. The average molecular weight is 326 g/mol. The Balaban J connectivity index is 1.72. The molecule has 11 atom stereocenters. The highest BCUT2D eigenvalue weighted by Crippen LogP contribution is 2.61. The van der Waals surface area contributed by atoms with Crippen molar-refractivity contribution in [1.29, 1.82) is 0 Å². The molecule has 0 aromatic carbocycles. The standard InChI is InChI=1S/C19H34O4/c1-8-14-17(10(3)9(2)12(5)21-14)23-18-11(4)15-16(13(6)22-18)19(15,7)20/h9-18,20H,8H2,1-7H3/t9?,10?,11?,12-,13?,14-,15+,16+,17+,18-,19?/m1/s1. The lowest BCUT2D eigenvalue weighted by Gasteiger charge is -2.46. The van der Waals surface area contributed by atoms with Gasteiger partial charge in [0.25, 0.3) is 0 Å². The van der Waals surface area contributed by atoms with Crippen LogP contribution < -0.4 is 0 Å². The fraction of sp³-hybridized carbons (Fsp3) is 1.00. The zero-order valence-corrected chi connectivity index (χ0v) is 15.7. The number of fused-ring (bicyclic) bond motifs is 1. The molecule has 0 aromatic rings. The van der Waals surface area contributed by atoms with E-state index in [2.05, 4.69) is 41.5 Å². The lowest BCUT2D eigenvalue weighted by molar-refractivity contribution is -0.282.